The van der Waals surface area contributed by atoms with E-state index >= 15 is 0 Å². The number of nitrogens with zero attached hydrogens (tertiary/aromatic N) is 2. The third-order valence-electron chi connectivity index (χ3n) is 4.35. The molecule has 1 aromatic carbocycles. The van der Waals surface area contributed by atoms with Gasteiger partial charge < -0.3 is 20.3 Å². The Bertz CT molecular complexity index is 727. The number of cyclic esters (lactones) is 1. The fourth-order valence-electron chi connectivity index (χ4n) is 3.02. The molecule has 0 unspecified atom stereocenters. The lowest BCUT2D eigenvalue weighted by Crippen LogP contribution is -2.33. The normalized spacial score (nSPS) is 20.5. The summed E-state index contributed by atoms with van der Waals surface area (Å²) in [5.74, 6) is -0.718. The van der Waals surface area contributed by atoms with E-state index in [4.69, 9.17) is 4.74 Å². The summed E-state index contributed by atoms with van der Waals surface area (Å²) < 4.78 is 19.8. The minimum atomic E-state index is -0.572. The standard InChI is InChI=1S/C17H21FN4O4/c1-11(23)20-9-13-10-22(17(25)26-13)12-2-3-15(14(18)8-12)21-6-4-16(24)19-5-7-21/h2-3,8,13H,4-7,9-10H2,1H3,(H,19,24)(H,20,23)/t13-/m0/s1. The Morgan fingerprint density at radius 3 is 2.92 bits per heavy atom. The van der Waals surface area contributed by atoms with E-state index in [0.717, 1.165) is 0 Å². The molecule has 3 rings (SSSR count). The first-order valence-electron chi connectivity index (χ1n) is 8.48. The van der Waals surface area contributed by atoms with Crippen molar-refractivity contribution in [1.29, 1.82) is 0 Å². The lowest BCUT2D eigenvalue weighted by molar-refractivity contribution is -0.120. The van der Waals surface area contributed by atoms with Gasteiger partial charge in [-0.15, -0.1) is 0 Å². The van der Waals surface area contributed by atoms with Crippen LogP contribution in [0.2, 0.25) is 0 Å². The first-order valence-corrected chi connectivity index (χ1v) is 8.48. The summed E-state index contributed by atoms with van der Waals surface area (Å²) in [6.45, 7) is 3.25. The lowest BCUT2D eigenvalue weighted by Gasteiger charge is -2.23. The Morgan fingerprint density at radius 1 is 1.38 bits per heavy atom. The number of carbonyl (C=O) groups is 3. The number of ether oxygens (including phenoxy) is 1. The van der Waals surface area contributed by atoms with E-state index in [0.29, 0.717) is 37.4 Å². The lowest BCUT2D eigenvalue weighted by atomic mass is 10.2. The van der Waals surface area contributed by atoms with Crippen LogP contribution < -0.4 is 20.4 Å². The smallest absolute Gasteiger partial charge is 0.414 e. The van der Waals surface area contributed by atoms with E-state index in [1.165, 1.54) is 17.9 Å². The van der Waals surface area contributed by atoms with Crippen molar-refractivity contribution in [2.75, 3.05) is 42.5 Å². The van der Waals surface area contributed by atoms with E-state index in [1.54, 1.807) is 17.0 Å². The van der Waals surface area contributed by atoms with Crippen molar-refractivity contribution >= 4 is 29.3 Å². The molecule has 1 atom stereocenters. The van der Waals surface area contributed by atoms with Gasteiger partial charge in [0.25, 0.3) is 0 Å². The van der Waals surface area contributed by atoms with Gasteiger partial charge in [-0.2, -0.15) is 0 Å². The molecule has 0 bridgehead atoms. The third-order valence-corrected chi connectivity index (χ3v) is 4.35. The molecule has 0 spiro atoms. The van der Waals surface area contributed by atoms with E-state index in [-0.39, 0.29) is 24.9 Å². The predicted molar refractivity (Wildman–Crippen MR) is 92.5 cm³/mol. The molecule has 2 heterocycles. The molecule has 26 heavy (non-hydrogen) atoms. The van der Waals surface area contributed by atoms with Crippen LogP contribution in [0.25, 0.3) is 0 Å². The van der Waals surface area contributed by atoms with Gasteiger partial charge in [0.1, 0.15) is 11.9 Å². The Labute approximate surface area is 150 Å². The summed E-state index contributed by atoms with van der Waals surface area (Å²) in [6.07, 6.45) is -0.737. The number of amides is 3. The zero-order valence-electron chi connectivity index (χ0n) is 14.5. The molecule has 2 N–H and O–H groups in total. The molecular formula is C17H21FN4O4. The SMILES string of the molecule is CC(=O)NC[C@H]1CN(c2ccc(N3CCNC(=O)CC3)c(F)c2)C(=O)O1. The van der Waals surface area contributed by atoms with Crippen LogP contribution in [0.3, 0.4) is 0 Å². The first-order chi connectivity index (χ1) is 12.4. The van der Waals surface area contributed by atoms with Gasteiger partial charge in [-0.25, -0.2) is 9.18 Å². The highest BCUT2D eigenvalue weighted by molar-refractivity contribution is 5.90. The number of hydrogen-bond acceptors (Lipinski definition) is 5. The van der Waals surface area contributed by atoms with Crippen molar-refractivity contribution in [2.24, 2.45) is 0 Å². The van der Waals surface area contributed by atoms with E-state index in [1.807, 2.05) is 0 Å². The Kier molecular flexibility index (Phi) is 5.24. The van der Waals surface area contributed by atoms with Crippen molar-refractivity contribution in [3.05, 3.63) is 24.0 Å². The monoisotopic (exact) mass is 364 g/mol. The van der Waals surface area contributed by atoms with Crippen LogP contribution in [0.15, 0.2) is 18.2 Å². The average molecular weight is 364 g/mol. The first kappa shape index (κ1) is 18.0. The fourth-order valence-corrected chi connectivity index (χ4v) is 3.02. The molecule has 8 nitrogen and oxygen atoms in total. The summed E-state index contributed by atoms with van der Waals surface area (Å²) >= 11 is 0. The number of anilines is 2. The van der Waals surface area contributed by atoms with Crippen molar-refractivity contribution in [3.63, 3.8) is 0 Å². The summed E-state index contributed by atoms with van der Waals surface area (Å²) in [6, 6.07) is 4.55. The van der Waals surface area contributed by atoms with Crippen molar-refractivity contribution in [3.8, 4) is 0 Å². The second kappa shape index (κ2) is 7.59. The second-order valence-corrected chi connectivity index (χ2v) is 6.28. The maximum Gasteiger partial charge on any atom is 0.414 e. The van der Waals surface area contributed by atoms with E-state index in [9.17, 15) is 18.8 Å². The molecule has 9 heteroatoms. The van der Waals surface area contributed by atoms with Crippen LogP contribution in [0.1, 0.15) is 13.3 Å². The predicted octanol–water partition coefficient (Wildman–Crippen LogP) is 0.613. The number of halogens is 1. The molecule has 0 aliphatic carbocycles. The number of benzene rings is 1. The average Bonchev–Trinajstić information content (AvgIpc) is 2.83. The van der Waals surface area contributed by atoms with Crippen LogP contribution in [-0.2, 0) is 14.3 Å². The Morgan fingerprint density at radius 2 is 2.19 bits per heavy atom. The molecule has 2 aliphatic rings. The van der Waals surface area contributed by atoms with Crippen LogP contribution in [0.5, 0.6) is 0 Å². The van der Waals surface area contributed by atoms with Gasteiger partial charge in [-0.3, -0.25) is 14.5 Å². The zero-order valence-corrected chi connectivity index (χ0v) is 14.5. The van der Waals surface area contributed by atoms with Crippen LogP contribution in [-0.4, -0.2) is 56.7 Å². The number of hydrogen-bond donors (Lipinski definition) is 2. The molecule has 0 radical (unpaired) electrons. The van der Waals surface area contributed by atoms with Crippen LogP contribution in [0, 0.1) is 5.82 Å². The van der Waals surface area contributed by atoms with Gasteiger partial charge >= 0.3 is 6.09 Å². The molecule has 0 aromatic heterocycles. The van der Waals surface area contributed by atoms with Gasteiger partial charge in [0.15, 0.2) is 0 Å². The summed E-state index contributed by atoms with van der Waals surface area (Å²) in [5, 5.41) is 5.34. The quantitative estimate of drug-likeness (QED) is 0.817. The maximum atomic E-state index is 14.6. The van der Waals surface area contributed by atoms with Crippen molar-refractivity contribution in [2.45, 2.75) is 19.4 Å². The molecule has 2 saturated heterocycles. The highest BCUT2D eigenvalue weighted by Crippen LogP contribution is 2.28. The maximum absolute atomic E-state index is 14.6. The van der Waals surface area contributed by atoms with E-state index < -0.39 is 18.0 Å². The topological polar surface area (TPSA) is 91.0 Å². The van der Waals surface area contributed by atoms with Gasteiger partial charge in [0.2, 0.25) is 11.8 Å². The summed E-state index contributed by atoms with van der Waals surface area (Å²) in [7, 11) is 0. The molecule has 1 aromatic rings. The van der Waals surface area contributed by atoms with Crippen LogP contribution in [0.4, 0.5) is 20.6 Å². The second-order valence-electron chi connectivity index (χ2n) is 6.28. The van der Waals surface area contributed by atoms with E-state index in [2.05, 4.69) is 10.6 Å². The van der Waals surface area contributed by atoms with Gasteiger partial charge in [0.05, 0.1) is 24.5 Å². The highest BCUT2D eigenvalue weighted by atomic mass is 19.1. The molecule has 0 saturated carbocycles. The van der Waals surface area contributed by atoms with Crippen molar-refractivity contribution < 1.29 is 23.5 Å². The fraction of sp³-hybridized carbons (Fsp3) is 0.471. The molecule has 2 aliphatic heterocycles. The molecule has 2 fully saturated rings. The van der Waals surface area contributed by atoms with Crippen molar-refractivity contribution in [1.82, 2.24) is 10.6 Å². The highest BCUT2D eigenvalue weighted by Gasteiger charge is 2.33. The summed E-state index contributed by atoms with van der Waals surface area (Å²) in [4.78, 5) is 37.6. The van der Waals surface area contributed by atoms with Gasteiger partial charge in [-0.1, -0.05) is 0 Å². The minimum absolute atomic E-state index is 0.0467. The summed E-state index contributed by atoms with van der Waals surface area (Å²) in [5.41, 5.74) is 0.790. The third kappa shape index (κ3) is 4.04. The van der Waals surface area contributed by atoms with Crippen LogP contribution >= 0.6 is 0 Å². The van der Waals surface area contributed by atoms with Gasteiger partial charge in [-0.05, 0) is 18.2 Å². The number of nitrogens with one attached hydrogen (secondary N) is 2. The largest absolute Gasteiger partial charge is 0.442 e. The molecule has 3 amide bonds. The Hall–Kier alpha value is -2.84. The number of carbonyl (C=O) groups excluding carboxylic acids is 3. The minimum Gasteiger partial charge on any atom is -0.442 e. The number of rotatable bonds is 4. The van der Waals surface area contributed by atoms with Gasteiger partial charge in [0, 0.05) is 33.0 Å². The zero-order chi connectivity index (χ0) is 18.7. The molecule has 140 valence electrons. The molecular weight excluding hydrogens is 343 g/mol. The Balaban J connectivity index is 1.70.